The number of hydrogen-bond acceptors (Lipinski definition) is 4. The Balaban J connectivity index is 2.22. The molecule has 0 saturated carbocycles. The van der Waals surface area contributed by atoms with Crippen molar-refractivity contribution in [3.8, 4) is 0 Å². The van der Waals surface area contributed by atoms with Gasteiger partial charge in [0.15, 0.2) is 0 Å². The zero-order valence-corrected chi connectivity index (χ0v) is 8.29. The van der Waals surface area contributed by atoms with Crippen LogP contribution >= 0.6 is 0 Å². The van der Waals surface area contributed by atoms with Crippen LogP contribution in [0.2, 0.25) is 0 Å². The zero-order valence-electron chi connectivity index (χ0n) is 8.29. The lowest BCUT2D eigenvalue weighted by molar-refractivity contribution is 0.0697. The molecule has 0 saturated heterocycles. The van der Waals surface area contributed by atoms with E-state index in [0.29, 0.717) is 11.6 Å². The fourth-order valence-electron chi connectivity index (χ4n) is 1.20. The molecule has 5 nitrogen and oxygen atoms in total. The number of aromatic carboxylic acids is 1. The van der Waals surface area contributed by atoms with Gasteiger partial charge in [-0.25, -0.2) is 14.8 Å². The normalized spacial score (nSPS) is 9.75. The van der Waals surface area contributed by atoms with Crippen molar-refractivity contribution in [3.05, 3.63) is 48.3 Å². The summed E-state index contributed by atoms with van der Waals surface area (Å²) in [4.78, 5) is 18.8. The minimum atomic E-state index is -0.980. The summed E-state index contributed by atoms with van der Waals surface area (Å²) in [5, 5.41) is 11.7. The number of pyridine rings is 2. The van der Waals surface area contributed by atoms with Crippen molar-refractivity contribution in [3.63, 3.8) is 0 Å². The first-order valence-electron chi connectivity index (χ1n) is 4.63. The highest BCUT2D eigenvalue weighted by molar-refractivity contribution is 5.88. The zero-order chi connectivity index (χ0) is 11.4. The van der Waals surface area contributed by atoms with Gasteiger partial charge >= 0.3 is 5.97 Å². The third-order valence-corrected chi connectivity index (χ3v) is 1.93. The molecule has 0 aliphatic heterocycles. The van der Waals surface area contributed by atoms with Crippen LogP contribution in [0.5, 0.6) is 0 Å². The van der Waals surface area contributed by atoms with Gasteiger partial charge in [-0.2, -0.15) is 0 Å². The standard InChI is InChI=1S/C11H9N3O2/c15-11(16)8-4-6-13-10(7-8)14-9-3-1-2-5-12-9/h1-7H,(H,15,16)(H,12,13,14). The predicted molar refractivity (Wildman–Crippen MR) is 58.7 cm³/mol. The average molecular weight is 215 g/mol. The maximum Gasteiger partial charge on any atom is 0.335 e. The van der Waals surface area contributed by atoms with Crippen LogP contribution in [0.25, 0.3) is 0 Å². The molecule has 0 radical (unpaired) electrons. The van der Waals surface area contributed by atoms with Crippen LogP contribution in [0, 0.1) is 0 Å². The molecule has 2 rings (SSSR count). The minimum absolute atomic E-state index is 0.188. The monoisotopic (exact) mass is 215 g/mol. The maximum atomic E-state index is 10.7. The van der Waals surface area contributed by atoms with E-state index in [-0.39, 0.29) is 5.56 Å². The molecule has 5 heteroatoms. The minimum Gasteiger partial charge on any atom is -0.478 e. The number of carbonyl (C=O) groups is 1. The van der Waals surface area contributed by atoms with E-state index < -0.39 is 5.97 Å². The summed E-state index contributed by atoms with van der Waals surface area (Å²) in [5.74, 6) is 0.0996. The van der Waals surface area contributed by atoms with Gasteiger partial charge in [-0.05, 0) is 24.3 Å². The summed E-state index contributed by atoms with van der Waals surface area (Å²) in [6, 6.07) is 8.29. The molecule has 0 spiro atoms. The Hall–Kier alpha value is -2.43. The molecule has 2 N–H and O–H groups in total. The molecule has 0 aliphatic rings. The van der Waals surface area contributed by atoms with E-state index in [1.54, 1.807) is 18.3 Å². The summed E-state index contributed by atoms with van der Waals surface area (Å²) >= 11 is 0. The number of nitrogens with one attached hydrogen (secondary N) is 1. The lowest BCUT2D eigenvalue weighted by Crippen LogP contribution is -2.00. The first kappa shape index (κ1) is 10.1. The van der Waals surface area contributed by atoms with Gasteiger partial charge in [0.1, 0.15) is 11.6 Å². The van der Waals surface area contributed by atoms with Crippen molar-refractivity contribution in [1.82, 2.24) is 9.97 Å². The fraction of sp³-hybridized carbons (Fsp3) is 0. The molecule has 0 atom stereocenters. The Morgan fingerprint density at radius 2 is 1.94 bits per heavy atom. The number of aromatic nitrogens is 2. The van der Waals surface area contributed by atoms with Gasteiger partial charge in [0.05, 0.1) is 5.56 Å². The summed E-state index contributed by atoms with van der Waals surface area (Å²) in [5.41, 5.74) is 0.188. The summed E-state index contributed by atoms with van der Waals surface area (Å²) in [7, 11) is 0. The van der Waals surface area contributed by atoms with Crippen molar-refractivity contribution in [2.75, 3.05) is 5.32 Å². The number of rotatable bonds is 3. The Kier molecular flexibility index (Phi) is 2.77. The van der Waals surface area contributed by atoms with E-state index in [2.05, 4.69) is 15.3 Å². The molecule has 16 heavy (non-hydrogen) atoms. The Morgan fingerprint density at radius 3 is 2.62 bits per heavy atom. The highest BCUT2D eigenvalue weighted by Gasteiger charge is 2.04. The molecule has 80 valence electrons. The predicted octanol–water partition coefficient (Wildman–Crippen LogP) is 1.92. The van der Waals surface area contributed by atoms with Gasteiger partial charge in [0, 0.05) is 12.4 Å². The van der Waals surface area contributed by atoms with E-state index in [9.17, 15) is 4.79 Å². The van der Waals surface area contributed by atoms with Crippen LogP contribution < -0.4 is 5.32 Å². The largest absolute Gasteiger partial charge is 0.478 e. The lowest BCUT2D eigenvalue weighted by atomic mass is 10.2. The summed E-state index contributed by atoms with van der Waals surface area (Å²) < 4.78 is 0. The molecular formula is C11H9N3O2. The first-order valence-corrected chi connectivity index (χ1v) is 4.63. The Bertz CT molecular complexity index is 500. The second-order valence-corrected chi connectivity index (χ2v) is 3.07. The van der Waals surface area contributed by atoms with E-state index in [4.69, 9.17) is 5.11 Å². The average Bonchev–Trinajstić information content (AvgIpc) is 2.30. The molecule has 2 heterocycles. The van der Waals surface area contributed by atoms with Crippen molar-refractivity contribution >= 4 is 17.6 Å². The highest BCUT2D eigenvalue weighted by atomic mass is 16.4. The summed E-state index contributed by atoms with van der Waals surface area (Å²) in [6.45, 7) is 0. The van der Waals surface area contributed by atoms with Gasteiger partial charge in [-0.1, -0.05) is 6.07 Å². The molecule has 0 fully saturated rings. The van der Waals surface area contributed by atoms with Crippen molar-refractivity contribution in [2.45, 2.75) is 0 Å². The van der Waals surface area contributed by atoms with E-state index in [1.807, 2.05) is 6.07 Å². The number of hydrogen-bond donors (Lipinski definition) is 2. The van der Waals surface area contributed by atoms with Crippen molar-refractivity contribution < 1.29 is 9.90 Å². The van der Waals surface area contributed by atoms with Crippen molar-refractivity contribution in [2.24, 2.45) is 0 Å². The van der Waals surface area contributed by atoms with Crippen LogP contribution in [0.4, 0.5) is 11.6 Å². The third kappa shape index (κ3) is 2.33. The molecule has 0 bridgehead atoms. The van der Waals surface area contributed by atoms with Crippen LogP contribution in [0.15, 0.2) is 42.7 Å². The number of carboxylic acids is 1. The second kappa shape index (κ2) is 4.39. The maximum absolute atomic E-state index is 10.7. The van der Waals surface area contributed by atoms with E-state index in [1.165, 1.54) is 18.3 Å². The van der Waals surface area contributed by atoms with Crippen LogP contribution in [0.3, 0.4) is 0 Å². The summed E-state index contributed by atoms with van der Waals surface area (Å²) in [6.07, 6.45) is 3.08. The van der Waals surface area contributed by atoms with Gasteiger partial charge in [0.2, 0.25) is 0 Å². The smallest absolute Gasteiger partial charge is 0.335 e. The van der Waals surface area contributed by atoms with Gasteiger partial charge in [-0.15, -0.1) is 0 Å². The molecule has 0 unspecified atom stereocenters. The lowest BCUT2D eigenvalue weighted by Gasteiger charge is -2.04. The number of anilines is 2. The topological polar surface area (TPSA) is 75.1 Å². The molecule has 0 aromatic carbocycles. The quantitative estimate of drug-likeness (QED) is 0.818. The Morgan fingerprint density at radius 1 is 1.12 bits per heavy atom. The number of carboxylic acid groups (broad SMARTS) is 1. The van der Waals surface area contributed by atoms with E-state index in [0.717, 1.165) is 0 Å². The van der Waals surface area contributed by atoms with Gasteiger partial charge < -0.3 is 10.4 Å². The molecule has 2 aromatic rings. The van der Waals surface area contributed by atoms with Crippen LogP contribution in [-0.4, -0.2) is 21.0 Å². The second-order valence-electron chi connectivity index (χ2n) is 3.07. The molecule has 2 aromatic heterocycles. The van der Waals surface area contributed by atoms with Crippen LogP contribution in [0.1, 0.15) is 10.4 Å². The third-order valence-electron chi connectivity index (χ3n) is 1.93. The van der Waals surface area contributed by atoms with Crippen molar-refractivity contribution in [1.29, 1.82) is 0 Å². The molecule has 0 amide bonds. The van der Waals surface area contributed by atoms with Gasteiger partial charge in [-0.3, -0.25) is 0 Å². The van der Waals surface area contributed by atoms with Gasteiger partial charge in [0.25, 0.3) is 0 Å². The van der Waals surface area contributed by atoms with E-state index >= 15 is 0 Å². The molecular weight excluding hydrogens is 206 g/mol. The first-order chi connectivity index (χ1) is 7.75. The fourth-order valence-corrected chi connectivity index (χ4v) is 1.20. The highest BCUT2D eigenvalue weighted by Crippen LogP contribution is 2.12. The number of nitrogens with zero attached hydrogens (tertiary/aromatic N) is 2. The molecule has 0 aliphatic carbocycles. The SMILES string of the molecule is O=C(O)c1ccnc(Nc2ccccn2)c1. The Labute approximate surface area is 91.8 Å². The van der Waals surface area contributed by atoms with Crippen LogP contribution in [-0.2, 0) is 0 Å².